The van der Waals surface area contributed by atoms with Crippen LogP contribution in [0.5, 0.6) is 0 Å². The van der Waals surface area contributed by atoms with E-state index < -0.39 is 0 Å². The molecule has 13 rings (SSSR count). The molecule has 12 aromatic rings. The van der Waals surface area contributed by atoms with Crippen molar-refractivity contribution in [3.05, 3.63) is 194 Å². The van der Waals surface area contributed by atoms with Gasteiger partial charge in [0.25, 0.3) is 0 Å². The Morgan fingerprint density at radius 2 is 0.544 bits per heavy atom. The Bertz CT molecular complexity index is 3450. The topological polar surface area (TPSA) is 59.9 Å². The number of rotatable bonds is 17. The van der Waals surface area contributed by atoms with Crippen LogP contribution in [0.3, 0.4) is 0 Å². The van der Waals surface area contributed by atoms with E-state index in [1.807, 2.05) is 0 Å². The Morgan fingerprint density at radius 1 is 0.324 bits per heavy atom. The lowest BCUT2D eigenvalue weighted by Gasteiger charge is -2.27. The van der Waals surface area contributed by atoms with Gasteiger partial charge in [0.05, 0.1) is 70.9 Å². The third kappa shape index (κ3) is 7.41. The molecule has 3 unspecified atom stereocenters. The molecule has 0 amide bonds. The molecule has 0 spiro atoms. The number of hydrogen-bond donors (Lipinski definition) is 0. The fourth-order valence-corrected chi connectivity index (χ4v) is 11.0. The van der Waals surface area contributed by atoms with Crippen LogP contribution >= 0.6 is 0 Å². The number of fused-ring (bicyclic) bond motifs is 12. The maximum atomic E-state index is 7.44. The molecule has 0 saturated carbocycles. The van der Waals surface area contributed by atoms with Gasteiger partial charge in [0.1, 0.15) is 6.10 Å². The summed E-state index contributed by atoms with van der Waals surface area (Å²) < 4.78 is 36.9. The zero-order valence-electron chi connectivity index (χ0n) is 37.9. The molecule has 5 heterocycles. The lowest BCUT2D eigenvalue weighted by molar-refractivity contribution is -0.0924. The van der Waals surface area contributed by atoms with Crippen molar-refractivity contribution in [2.75, 3.05) is 26.4 Å². The molecular formula is C60H52N4O4. The van der Waals surface area contributed by atoms with Crippen molar-refractivity contribution in [2.45, 2.75) is 50.6 Å². The van der Waals surface area contributed by atoms with E-state index in [4.69, 9.17) is 18.9 Å². The first-order chi connectivity index (χ1) is 33.7. The molecule has 4 aromatic heterocycles. The number of para-hydroxylation sites is 8. The van der Waals surface area contributed by atoms with Gasteiger partial charge >= 0.3 is 0 Å². The number of ether oxygens (including phenoxy) is 4. The van der Waals surface area contributed by atoms with E-state index in [0.717, 1.165) is 6.61 Å². The Labute approximate surface area is 394 Å². The molecule has 68 heavy (non-hydrogen) atoms. The van der Waals surface area contributed by atoms with E-state index in [0.29, 0.717) is 46.0 Å². The summed E-state index contributed by atoms with van der Waals surface area (Å²) in [5, 5.41) is 9.93. The van der Waals surface area contributed by atoms with Gasteiger partial charge in [-0.05, 0) is 48.5 Å². The van der Waals surface area contributed by atoms with Crippen molar-refractivity contribution in [1.29, 1.82) is 0 Å². The molecule has 0 N–H and O–H groups in total. The van der Waals surface area contributed by atoms with Gasteiger partial charge in [-0.25, -0.2) is 0 Å². The molecular weight excluding hydrogens is 841 g/mol. The second-order valence-corrected chi connectivity index (χ2v) is 18.4. The Morgan fingerprint density at radius 3 is 0.809 bits per heavy atom. The Kier molecular flexibility index (Phi) is 10.5. The van der Waals surface area contributed by atoms with Crippen LogP contribution in [0.25, 0.3) is 87.2 Å². The highest BCUT2D eigenvalue weighted by Gasteiger charge is 2.28. The molecule has 0 radical (unpaired) electrons. The summed E-state index contributed by atoms with van der Waals surface area (Å²) in [4.78, 5) is 0. The maximum Gasteiger partial charge on any atom is 0.104 e. The number of hydrogen-bond acceptors (Lipinski definition) is 4. The lowest BCUT2D eigenvalue weighted by Crippen LogP contribution is -2.35. The smallest absolute Gasteiger partial charge is 0.104 e. The van der Waals surface area contributed by atoms with Crippen LogP contribution in [0, 0.1) is 0 Å². The summed E-state index contributed by atoms with van der Waals surface area (Å²) in [5.74, 6) is 0. The molecule has 1 fully saturated rings. The van der Waals surface area contributed by atoms with E-state index in [2.05, 4.69) is 212 Å². The predicted octanol–water partition coefficient (Wildman–Crippen LogP) is 12.8. The second kappa shape index (κ2) is 17.5. The maximum absolute atomic E-state index is 7.44. The van der Waals surface area contributed by atoms with Gasteiger partial charge in [-0.3, -0.25) is 0 Å². The van der Waals surface area contributed by atoms with Crippen LogP contribution in [0.15, 0.2) is 194 Å². The van der Waals surface area contributed by atoms with E-state index in [1.165, 1.54) is 87.2 Å². The van der Waals surface area contributed by atoms with Crippen LogP contribution in [0.1, 0.15) is 0 Å². The number of nitrogens with zero attached hydrogens (tertiary/aromatic N) is 4. The minimum Gasteiger partial charge on any atom is -0.372 e. The fraction of sp³-hybridized carbons (Fsp3) is 0.200. The van der Waals surface area contributed by atoms with Crippen LogP contribution in [0.2, 0.25) is 0 Å². The average Bonchev–Trinajstić information content (AvgIpc) is 3.90. The van der Waals surface area contributed by atoms with Crippen LogP contribution < -0.4 is 0 Å². The van der Waals surface area contributed by atoms with Gasteiger partial charge in [-0.15, -0.1) is 0 Å². The highest BCUT2D eigenvalue weighted by atomic mass is 16.6. The Balaban J connectivity index is 0.885. The molecule has 0 bridgehead atoms. The van der Waals surface area contributed by atoms with Gasteiger partial charge in [-0.2, -0.15) is 0 Å². The highest BCUT2D eigenvalue weighted by Crippen LogP contribution is 2.34. The molecule has 1 aliphatic heterocycles. The van der Waals surface area contributed by atoms with Crippen molar-refractivity contribution in [3.8, 4) is 0 Å². The van der Waals surface area contributed by atoms with Crippen molar-refractivity contribution in [2.24, 2.45) is 0 Å². The summed E-state index contributed by atoms with van der Waals surface area (Å²) in [6.07, 6.45) is -0.677. The quantitative estimate of drug-likeness (QED) is 0.0855. The molecule has 8 aromatic carbocycles. The van der Waals surface area contributed by atoms with Crippen molar-refractivity contribution >= 4 is 87.2 Å². The van der Waals surface area contributed by atoms with Crippen LogP contribution in [0.4, 0.5) is 0 Å². The monoisotopic (exact) mass is 892 g/mol. The zero-order chi connectivity index (χ0) is 45.0. The first-order valence-corrected chi connectivity index (χ1v) is 24.0. The molecule has 8 heteroatoms. The normalized spacial score (nSPS) is 15.1. The van der Waals surface area contributed by atoms with Gasteiger partial charge in [0, 0.05) is 87.2 Å². The summed E-state index contributed by atoms with van der Waals surface area (Å²) in [6.45, 7) is 4.53. The third-order valence-corrected chi connectivity index (χ3v) is 14.2. The van der Waals surface area contributed by atoms with Crippen LogP contribution in [-0.2, 0) is 45.1 Å². The second-order valence-electron chi connectivity index (χ2n) is 18.4. The minimum absolute atomic E-state index is 0.120. The molecule has 1 saturated heterocycles. The Hall–Kier alpha value is -7.20. The fourth-order valence-electron chi connectivity index (χ4n) is 11.0. The first-order valence-electron chi connectivity index (χ1n) is 24.0. The first kappa shape index (κ1) is 41.0. The van der Waals surface area contributed by atoms with Crippen molar-refractivity contribution in [3.63, 3.8) is 0 Å². The van der Waals surface area contributed by atoms with Crippen LogP contribution in [-0.4, -0.2) is 69.1 Å². The molecule has 8 nitrogen and oxygen atoms in total. The molecule has 1 aliphatic rings. The third-order valence-electron chi connectivity index (χ3n) is 14.2. The molecule has 0 aliphatic carbocycles. The SMILES string of the molecule is c1ccc2c(c1)c1ccccc1n2CC(COC(COC(Cn1c2ccccc2c2ccccc21)Cn1c2ccccc2c2ccccc21)Cn1c2ccccc2c2ccccc21)OCC1CO1. The average molecular weight is 893 g/mol. The van der Waals surface area contributed by atoms with Gasteiger partial charge < -0.3 is 37.2 Å². The van der Waals surface area contributed by atoms with E-state index >= 15 is 0 Å². The lowest BCUT2D eigenvalue weighted by atomic mass is 10.2. The van der Waals surface area contributed by atoms with Gasteiger partial charge in [-0.1, -0.05) is 146 Å². The molecule has 3 atom stereocenters. The highest BCUT2D eigenvalue weighted by molar-refractivity contribution is 6.10. The van der Waals surface area contributed by atoms with E-state index in [-0.39, 0.29) is 24.4 Å². The number of aromatic nitrogens is 4. The van der Waals surface area contributed by atoms with Crippen molar-refractivity contribution < 1.29 is 18.9 Å². The summed E-state index contributed by atoms with van der Waals surface area (Å²) >= 11 is 0. The van der Waals surface area contributed by atoms with Crippen molar-refractivity contribution in [1.82, 2.24) is 18.3 Å². The summed E-state index contributed by atoms with van der Waals surface area (Å²) in [7, 11) is 0. The summed E-state index contributed by atoms with van der Waals surface area (Å²) in [5.41, 5.74) is 9.54. The minimum atomic E-state index is -0.325. The van der Waals surface area contributed by atoms with Gasteiger partial charge in [0.2, 0.25) is 0 Å². The van der Waals surface area contributed by atoms with E-state index in [9.17, 15) is 0 Å². The zero-order valence-corrected chi connectivity index (χ0v) is 37.9. The largest absolute Gasteiger partial charge is 0.372 e. The molecule has 336 valence electrons. The van der Waals surface area contributed by atoms with Gasteiger partial charge in [0.15, 0.2) is 0 Å². The standard InChI is InChI=1S/C60H52N4O4/c1-9-25-53-45(17-1)46-18-2-10-26-54(46)61(53)33-41(34-62-55-27-11-3-19-47(55)48-20-4-12-28-56(48)62)65-37-42(35-63-57-29-13-5-21-49(57)50-22-6-14-30-58(50)63)66-38-43(67-39-44-40-68-44)36-64-59-31-15-7-23-51(59)52-24-8-16-32-60(52)64/h1-32,41-44H,33-40H2. The number of epoxide rings is 1. The summed E-state index contributed by atoms with van der Waals surface area (Å²) in [6, 6.07) is 69.8. The predicted molar refractivity (Wildman–Crippen MR) is 277 cm³/mol. The van der Waals surface area contributed by atoms with E-state index in [1.54, 1.807) is 0 Å². The number of benzene rings is 8.